The Bertz CT molecular complexity index is 516. The number of amides is 1. The first-order chi connectivity index (χ1) is 10.0. The average Bonchev–Trinajstić information content (AvgIpc) is 2.97. The summed E-state index contributed by atoms with van der Waals surface area (Å²) in [6.45, 7) is 3.71. The van der Waals surface area contributed by atoms with Crippen LogP contribution in [0.1, 0.15) is 36.5 Å². The molecule has 1 aliphatic rings. The molecule has 1 fully saturated rings. The largest absolute Gasteiger partial charge is 0.337 e. The molecular weight excluding hydrogens is 281 g/mol. The van der Waals surface area contributed by atoms with Crippen LogP contribution < -0.4 is 5.32 Å². The fourth-order valence-corrected chi connectivity index (χ4v) is 2.59. The normalized spacial score (nSPS) is 18.0. The summed E-state index contributed by atoms with van der Waals surface area (Å²) in [5.74, 6) is -4.90. The van der Waals surface area contributed by atoms with Crippen molar-refractivity contribution in [2.75, 3.05) is 19.6 Å². The molecule has 1 unspecified atom stereocenters. The standard InChI is InChI=1S/C15H19F3N2O/c1-2-8-20(9-10-4-3-7-19-10)15(21)11-5-6-12(16)14(18)13(11)17/h5-6,10,19H,2-4,7-9H2,1H3. The summed E-state index contributed by atoms with van der Waals surface area (Å²) in [4.78, 5) is 13.9. The van der Waals surface area contributed by atoms with Crippen molar-refractivity contribution < 1.29 is 18.0 Å². The lowest BCUT2D eigenvalue weighted by Gasteiger charge is -2.25. The first-order valence-corrected chi connectivity index (χ1v) is 7.20. The molecule has 0 radical (unpaired) electrons. The molecule has 0 aromatic heterocycles. The second-order valence-corrected chi connectivity index (χ2v) is 5.27. The van der Waals surface area contributed by atoms with Gasteiger partial charge in [0, 0.05) is 19.1 Å². The van der Waals surface area contributed by atoms with Crippen molar-refractivity contribution >= 4 is 5.91 Å². The molecule has 0 spiro atoms. The first kappa shape index (κ1) is 15.8. The van der Waals surface area contributed by atoms with Gasteiger partial charge in [0.2, 0.25) is 0 Å². The number of hydrogen-bond donors (Lipinski definition) is 1. The molecule has 2 rings (SSSR count). The van der Waals surface area contributed by atoms with E-state index >= 15 is 0 Å². The lowest BCUT2D eigenvalue weighted by Crippen LogP contribution is -2.41. The zero-order valence-corrected chi connectivity index (χ0v) is 12.0. The summed E-state index contributed by atoms with van der Waals surface area (Å²) in [5, 5.41) is 3.27. The Labute approximate surface area is 122 Å². The highest BCUT2D eigenvalue weighted by molar-refractivity contribution is 5.94. The summed E-state index contributed by atoms with van der Waals surface area (Å²) < 4.78 is 40.0. The van der Waals surface area contributed by atoms with Crippen LogP contribution in [0.25, 0.3) is 0 Å². The summed E-state index contributed by atoms with van der Waals surface area (Å²) >= 11 is 0. The van der Waals surface area contributed by atoms with Crippen LogP contribution in [0, 0.1) is 17.5 Å². The maximum Gasteiger partial charge on any atom is 0.256 e. The van der Waals surface area contributed by atoms with E-state index in [9.17, 15) is 18.0 Å². The van der Waals surface area contributed by atoms with Gasteiger partial charge in [-0.15, -0.1) is 0 Å². The number of hydrogen-bond acceptors (Lipinski definition) is 2. The van der Waals surface area contributed by atoms with Crippen molar-refractivity contribution in [3.8, 4) is 0 Å². The third-order valence-electron chi connectivity index (χ3n) is 3.65. The predicted octanol–water partition coefficient (Wildman–Crippen LogP) is 2.71. The van der Waals surface area contributed by atoms with Gasteiger partial charge in [-0.1, -0.05) is 6.92 Å². The second kappa shape index (κ2) is 6.93. The molecule has 1 N–H and O–H groups in total. The molecule has 0 aliphatic carbocycles. The number of carbonyl (C=O) groups excluding carboxylic acids is 1. The Balaban J connectivity index is 2.19. The highest BCUT2D eigenvalue weighted by Gasteiger charge is 2.25. The molecule has 1 atom stereocenters. The molecule has 0 saturated carbocycles. The lowest BCUT2D eigenvalue weighted by molar-refractivity contribution is 0.0735. The molecule has 1 heterocycles. The fraction of sp³-hybridized carbons (Fsp3) is 0.533. The molecule has 1 amide bonds. The van der Waals surface area contributed by atoms with Crippen LogP contribution in [0.3, 0.4) is 0 Å². The first-order valence-electron chi connectivity index (χ1n) is 7.20. The lowest BCUT2D eigenvalue weighted by atomic mass is 10.1. The van der Waals surface area contributed by atoms with Crippen LogP contribution in [0.2, 0.25) is 0 Å². The van der Waals surface area contributed by atoms with Crippen LogP contribution in [0.5, 0.6) is 0 Å². The van der Waals surface area contributed by atoms with E-state index in [1.807, 2.05) is 6.92 Å². The number of benzene rings is 1. The summed E-state index contributed by atoms with van der Waals surface area (Å²) in [6, 6.07) is 1.96. The molecule has 1 aliphatic heterocycles. The molecule has 21 heavy (non-hydrogen) atoms. The molecule has 1 aromatic carbocycles. The van der Waals surface area contributed by atoms with Gasteiger partial charge < -0.3 is 10.2 Å². The highest BCUT2D eigenvalue weighted by atomic mass is 19.2. The van der Waals surface area contributed by atoms with Crippen LogP contribution in [0.4, 0.5) is 13.2 Å². The van der Waals surface area contributed by atoms with Crippen LogP contribution in [-0.4, -0.2) is 36.5 Å². The van der Waals surface area contributed by atoms with Crippen LogP contribution >= 0.6 is 0 Å². The summed E-state index contributed by atoms with van der Waals surface area (Å²) in [7, 11) is 0. The van der Waals surface area contributed by atoms with E-state index in [-0.39, 0.29) is 6.04 Å². The Morgan fingerprint density at radius 2 is 2.10 bits per heavy atom. The molecule has 1 aromatic rings. The third kappa shape index (κ3) is 3.56. The average molecular weight is 300 g/mol. The molecule has 0 bridgehead atoms. The smallest absolute Gasteiger partial charge is 0.256 e. The SMILES string of the molecule is CCCN(CC1CCCN1)C(=O)c1ccc(F)c(F)c1F. The zero-order chi connectivity index (χ0) is 15.4. The van der Waals surface area contributed by atoms with E-state index in [4.69, 9.17) is 0 Å². The van der Waals surface area contributed by atoms with E-state index in [0.29, 0.717) is 19.5 Å². The number of rotatable bonds is 5. The number of halogens is 3. The van der Waals surface area contributed by atoms with Crippen molar-refractivity contribution in [1.82, 2.24) is 10.2 Å². The monoisotopic (exact) mass is 300 g/mol. The summed E-state index contributed by atoms with van der Waals surface area (Å²) in [5.41, 5.74) is -0.416. The van der Waals surface area contributed by atoms with Gasteiger partial charge in [0.25, 0.3) is 5.91 Å². The van der Waals surface area contributed by atoms with E-state index < -0.39 is 28.9 Å². The minimum atomic E-state index is -1.60. The Morgan fingerprint density at radius 3 is 2.71 bits per heavy atom. The Morgan fingerprint density at radius 1 is 1.33 bits per heavy atom. The number of nitrogens with one attached hydrogen (secondary N) is 1. The molecule has 3 nitrogen and oxygen atoms in total. The van der Waals surface area contributed by atoms with E-state index in [2.05, 4.69) is 5.32 Å². The van der Waals surface area contributed by atoms with Crippen molar-refractivity contribution in [3.63, 3.8) is 0 Å². The van der Waals surface area contributed by atoms with Gasteiger partial charge in [0.15, 0.2) is 17.5 Å². The van der Waals surface area contributed by atoms with Gasteiger partial charge in [0.05, 0.1) is 5.56 Å². The van der Waals surface area contributed by atoms with Gasteiger partial charge in [-0.05, 0) is 37.9 Å². The quantitative estimate of drug-likeness (QED) is 0.848. The van der Waals surface area contributed by atoms with Gasteiger partial charge in [-0.2, -0.15) is 0 Å². The molecular formula is C15H19F3N2O. The zero-order valence-electron chi connectivity index (χ0n) is 12.0. The van der Waals surface area contributed by atoms with Crippen molar-refractivity contribution in [3.05, 3.63) is 35.1 Å². The highest BCUT2D eigenvalue weighted by Crippen LogP contribution is 2.18. The molecule has 116 valence electrons. The summed E-state index contributed by atoms with van der Waals surface area (Å²) in [6.07, 6.45) is 2.70. The third-order valence-corrected chi connectivity index (χ3v) is 3.65. The van der Waals surface area contributed by atoms with Crippen LogP contribution in [-0.2, 0) is 0 Å². The Kier molecular flexibility index (Phi) is 5.22. The van der Waals surface area contributed by atoms with E-state index in [0.717, 1.165) is 31.5 Å². The van der Waals surface area contributed by atoms with Gasteiger partial charge in [-0.25, -0.2) is 13.2 Å². The van der Waals surface area contributed by atoms with E-state index in [1.54, 1.807) is 0 Å². The van der Waals surface area contributed by atoms with E-state index in [1.165, 1.54) is 4.90 Å². The number of carbonyl (C=O) groups is 1. The second-order valence-electron chi connectivity index (χ2n) is 5.27. The van der Waals surface area contributed by atoms with Crippen molar-refractivity contribution in [2.45, 2.75) is 32.2 Å². The maximum atomic E-state index is 13.7. The minimum Gasteiger partial charge on any atom is -0.337 e. The minimum absolute atomic E-state index is 0.175. The van der Waals surface area contributed by atoms with Gasteiger partial charge in [0.1, 0.15) is 0 Å². The Hall–Kier alpha value is -1.56. The van der Waals surface area contributed by atoms with Crippen molar-refractivity contribution in [2.24, 2.45) is 0 Å². The molecule has 6 heteroatoms. The number of nitrogens with zero attached hydrogens (tertiary/aromatic N) is 1. The van der Waals surface area contributed by atoms with Gasteiger partial charge in [-0.3, -0.25) is 4.79 Å². The van der Waals surface area contributed by atoms with Crippen molar-refractivity contribution in [1.29, 1.82) is 0 Å². The topological polar surface area (TPSA) is 32.3 Å². The van der Waals surface area contributed by atoms with Gasteiger partial charge >= 0.3 is 0 Å². The maximum absolute atomic E-state index is 13.7. The molecule has 1 saturated heterocycles. The predicted molar refractivity (Wildman–Crippen MR) is 73.5 cm³/mol. The fourth-order valence-electron chi connectivity index (χ4n) is 2.59. The van der Waals surface area contributed by atoms with Crippen LogP contribution in [0.15, 0.2) is 12.1 Å².